The molecule has 0 fully saturated rings. The maximum absolute atomic E-state index is 12.6. The van der Waals surface area contributed by atoms with Crippen LogP contribution in [0, 0.1) is 0 Å². The van der Waals surface area contributed by atoms with Crippen LogP contribution in [0.1, 0.15) is 24.4 Å². The molecule has 2 aromatic rings. The summed E-state index contributed by atoms with van der Waals surface area (Å²) in [5.74, 6) is -0.185. The van der Waals surface area contributed by atoms with Gasteiger partial charge in [-0.3, -0.25) is 14.7 Å². The molecule has 24 heavy (non-hydrogen) atoms. The summed E-state index contributed by atoms with van der Waals surface area (Å²) in [5, 5.41) is 11.9. The van der Waals surface area contributed by atoms with Gasteiger partial charge in [-0.25, -0.2) is 0 Å². The van der Waals surface area contributed by atoms with Gasteiger partial charge in [-0.2, -0.15) is 5.10 Å². The van der Waals surface area contributed by atoms with E-state index in [4.69, 9.17) is 4.74 Å². The summed E-state index contributed by atoms with van der Waals surface area (Å²) in [6.45, 7) is 0.610. The van der Waals surface area contributed by atoms with E-state index >= 15 is 0 Å². The molecular weight excluding hydrogens is 308 g/mol. The molecule has 1 aliphatic rings. The Morgan fingerprint density at radius 2 is 2.04 bits per heavy atom. The summed E-state index contributed by atoms with van der Waals surface area (Å²) in [4.78, 5) is 25.0. The van der Waals surface area contributed by atoms with Gasteiger partial charge in [0, 0.05) is 6.07 Å². The third-order valence-corrected chi connectivity index (χ3v) is 3.65. The second-order valence-electron chi connectivity index (χ2n) is 5.39. The van der Waals surface area contributed by atoms with Crippen molar-refractivity contribution in [1.29, 1.82) is 0 Å². The highest BCUT2D eigenvalue weighted by Crippen LogP contribution is 2.18. The van der Waals surface area contributed by atoms with E-state index in [1.54, 1.807) is 18.2 Å². The lowest BCUT2D eigenvalue weighted by atomic mass is 10.0. The van der Waals surface area contributed by atoms with Gasteiger partial charge in [-0.05, 0) is 18.4 Å². The lowest BCUT2D eigenvalue weighted by Crippen LogP contribution is -2.38. The van der Waals surface area contributed by atoms with Crippen LogP contribution in [0.15, 0.2) is 54.4 Å². The number of ether oxygens (including phenoxy) is 1. The number of nitrogens with zero attached hydrogens (tertiary/aromatic N) is 1. The highest BCUT2D eigenvalue weighted by atomic mass is 16.5. The van der Waals surface area contributed by atoms with Gasteiger partial charge >= 0.3 is 0 Å². The van der Waals surface area contributed by atoms with Crippen LogP contribution in [0.25, 0.3) is 0 Å². The minimum absolute atomic E-state index is 0.302. The summed E-state index contributed by atoms with van der Waals surface area (Å²) in [6.07, 6.45) is 4.43. The summed E-state index contributed by atoms with van der Waals surface area (Å²) >= 11 is 0. The first-order valence-electron chi connectivity index (χ1n) is 7.71. The molecule has 0 spiro atoms. The Hall–Kier alpha value is -3.09. The molecule has 7 heteroatoms. The third kappa shape index (κ3) is 3.81. The number of amides is 2. The van der Waals surface area contributed by atoms with Crippen molar-refractivity contribution >= 4 is 17.6 Å². The first-order chi connectivity index (χ1) is 11.7. The van der Waals surface area contributed by atoms with Crippen molar-refractivity contribution in [2.45, 2.75) is 18.9 Å². The quantitative estimate of drug-likeness (QED) is 0.782. The number of hydrogen-bond acceptors (Lipinski definition) is 4. The number of hydrogen-bond donors (Lipinski definition) is 3. The van der Waals surface area contributed by atoms with Crippen LogP contribution < -0.4 is 10.6 Å². The minimum atomic E-state index is -0.815. The third-order valence-electron chi connectivity index (χ3n) is 3.65. The second kappa shape index (κ2) is 7.45. The molecule has 2 amide bonds. The summed E-state index contributed by atoms with van der Waals surface area (Å²) in [5.41, 5.74) is 1.23. The van der Waals surface area contributed by atoms with Crippen LogP contribution in [0.3, 0.4) is 0 Å². The van der Waals surface area contributed by atoms with Gasteiger partial charge in [0.15, 0.2) is 0 Å². The fourth-order valence-corrected chi connectivity index (χ4v) is 2.43. The SMILES string of the molecule is O=C(NC(C(=O)Nc1ccn[nH]1)c1ccccc1)C1=COCCC1. The number of carbonyl (C=O) groups is 2. The van der Waals surface area contributed by atoms with Crippen LogP contribution >= 0.6 is 0 Å². The summed E-state index contributed by atoms with van der Waals surface area (Å²) in [7, 11) is 0. The van der Waals surface area contributed by atoms with Crippen molar-refractivity contribution in [2.24, 2.45) is 0 Å². The van der Waals surface area contributed by atoms with Crippen molar-refractivity contribution in [3.8, 4) is 0 Å². The van der Waals surface area contributed by atoms with Crippen LogP contribution in [0.5, 0.6) is 0 Å². The van der Waals surface area contributed by atoms with Crippen molar-refractivity contribution in [1.82, 2.24) is 15.5 Å². The average molecular weight is 326 g/mol. The normalized spacial score (nSPS) is 14.9. The molecule has 0 aliphatic carbocycles. The van der Waals surface area contributed by atoms with Gasteiger partial charge in [-0.15, -0.1) is 0 Å². The molecule has 0 saturated heterocycles. The van der Waals surface area contributed by atoms with E-state index in [0.717, 1.165) is 6.42 Å². The van der Waals surface area contributed by atoms with Gasteiger partial charge in [0.05, 0.1) is 24.6 Å². The molecule has 1 aromatic carbocycles. The minimum Gasteiger partial charge on any atom is -0.501 e. The molecule has 0 radical (unpaired) electrons. The van der Waals surface area contributed by atoms with E-state index in [2.05, 4.69) is 20.8 Å². The van der Waals surface area contributed by atoms with Gasteiger partial charge in [0.25, 0.3) is 11.8 Å². The molecule has 1 atom stereocenters. The molecule has 3 N–H and O–H groups in total. The molecule has 0 saturated carbocycles. The van der Waals surface area contributed by atoms with Crippen molar-refractivity contribution in [3.05, 3.63) is 60.0 Å². The van der Waals surface area contributed by atoms with Crippen LogP contribution in [0.2, 0.25) is 0 Å². The van der Waals surface area contributed by atoms with Gasteiger partial charge < -0.3 is 15.4 Å². The van der Waals surface area contributed by atoms with Crippen LogP contribution in [-0.4, -0.2) is 28.6 Å². The van der Waals surface area contributed by atoms with E-state index < -0.39 is 6.04 Å². The zero-order valence-corrected chi connectivity index (χ0v) is 13.0. The first kappa shape index (κ1) is 15.8. The van der Waals surface area contributed by atoms with Crippen molar-refractivity contribution in [2.75, 3.05) is 11.9 Å². The Kier molecular flexibility index (Phi) is 4.90. The van der Waals surface area contributed by atoms with Crippen LogP contribution in [-0.2, 0) is 14.3 Å². The summed E-state index contributed by atoms with van der Waals surface area (Å²) < 4.78 is 5.20. The fraction of sp³-hybridized carbons (Fsp3) is 0.235. The monoisotopic (exact) mass is 326 g/mol. The molecule has 1 aromatic heterocycles. The number of H-pyrrole nitrogens is 1. The lowest BCUT2D eigenvalue weighted by molar-refractivity contribution is -0.124. The maximum atomic E-state index is 12.6. The zero-order valence-electron chi connectivity index (χ0n) is 13.0. The molecule has 7 nitrogen and oxygen atoms in total. The average Bonchev–Trinajstić information content (AvgIpc) is 3.14. The molecule has 2 heterocycles. The van der Waals surface area contributed by atoms with Crippen LogP contribution in [0.4, 0.5) is 5.82 Å². The van der Waals surface area contributed by atoms with Gasteiger partial charge in [-0.1, -0.05) is 30.3 Å². The largest absolute Gasteiger partial charge is 0.501 e. The Bertz CT molecular complexity index is 726. The predicted molar refractivity (Wildman–Crippen MR) is 87.8 cm³/mol. The number of nitrogens with one attached hydrogen (secondary N) is 3. The van der Waals surface area contributed by atoms with Crippen molar-refractivity contribution in [3.63, 3.8) is 0 Å². The first-order valence-corrected chi connectivity index (χ1v) is 7.71. The number of rotatable bonds is 5. The fourth-order valence-electron chi connectivity index (χ4n) is 2.43. The Balaban J connectivity index is 1.78. The standard InChI is InChI=1S/C17H18N4O3/c22-16(13-7-4-10-24-11-13)20-15(12-5-2-1-3-6-12)17(23)19-14-8-9-18-21-14/h1-3,5-6,8-9,11,15H,4,7,10H2,(H,20,22)(H2,18,19,21,23). The van der Waals surface area contributed by atoms with E-state index in [1.165, 1.54) is 12.5 Å². The number of carbonyl (C=O) groups excluding carboxylic acids is 2. The molecule has 3 rings (SSSR count). The Morgan fingerprint density at radius 3 is 2.71 bits per heavy atom. The zero-order chi connectivity index (χ0) is 16.8. The molecule has 0 bridgehead atoms. The van der Waals surface area contributed by atoms with Gasteiger partial charge in [0.1, 0.15) is 11.9 Å². The van der Waals surface area contributed by atoms with E-state index in [1.807, 2.05) is 18.2 Å². The topological polar surface area (TPSA) is 96.1 Å². The maximum Gasteiger partial charge on any atom is 0.252 e. The molecule has 1 unspecified atom stereocenters. The van der Waals surface area contributed by atoms with E-state index in [0.29, 0.717) is 30.0 Å². The number of anilines is 1. The second-order valence-corrected chi connectivity index (χ2v) is 5.39. The van der Waals surface area contributed by atoms with E-state index in [-0.39, 0.29) is 11.8 Å². The summed E-state index contributed by atoms with van der Waals surface area (Å²) in [6, 6.07) is 9.91. The number of aromatic nitrogens is 2. The molecular formula is C17H18N4O3. The Morgan fingerprint density at radius 1 is 1.21 bits per heavy atom. The van der Waals surface area contributed by atoms with Gasteiger partial charge in [0.2, 0.25) is 0 Å². The molecule has 124 valence electrons. The smallest absolute Gasteiger partial charge is 0.252 e. The lowest BCUT2D eigenvalue weighted by Gasteiger charge is -2.20. The van der Waals surface area contributed by atoms with Crippen molar-refractivity contribution < 1.29 is 14.3 Å². The highest BCUT2D eigenvalue weighted by Gasteiger charge is 2.25. The Labute approximate surface area is 139 Å². The van der Waals surface area contributed by atoms with E-state index in [9.17, 15) is 9.59 Å². The number of aromatic amines is 1. The number of benzene rings is 1. The highest BCUT2D eigenvalue weighted by molar-refractivity contribution is 6.00. The predicted octanol–water partition coefficient (Wildman–Crippen LogP) is 1.90. The molecule has 1 aliphatic heterocycles.